The number of benzene rings is 1. The first-order valence-electron chi connectivity index (χ1n) is 10.6. The van der Waals surface area contributed by atoms with Crippen molar-refractivity contribution in [2.75, 3.05) is 41.0 Å². The van der Waals surface area contributed by atoms with Gasteiger partial charge in [0.1, 0.15) is 11.5 Å². The van der Waals surface area contributed by atoms with Gasteiger partial charge in [-0.3, -0.25) is 4.90 Å². The minimum atomic E-state index is 0. The highest BCUT2D eigenvalue weighted by molar-refractivity contribution is 14.0. The number of aliphatic imine (C=N–C) groups is 1. The van der Waals surface area contributed by atoms with Crippen molar-refractivity contribution < 1.29 is 14.2 Å². The minimum Gasteiger partial charge on any atom is -0.497 e. The average molecular weight is 555 g/mol. The molecule has 0 amide bonds. The first-order valence-corrected chi connectivity index (χ1v) is 10.6. The molecule has 1 aromatic carbocycles. The molecule has 8 nitrogen and oxygen atoms in total. The molecule has 0 bridgehead atoms. The van der Waals surface area contributed by atoms with E-state index in [1.165, 1.54) is 5.56 Å². The summed E-state index contributed by atoms with van der Waals surface area (Å²) < 4.78 is 15.9. The van der Waals surface area contributed by atoms with Gasteiger partial charge in [0.25, 0.3) is 0 Å². The van der Waals surface area contributed by atoms with E-state index < -0.39 is 0 Å². The topological polar surface area (TPSA) is 80.2 Å². The fourth-order valence-electron chi connectivity index (χ4n) is 3.62. The van der Waals surface area contributed by atoms with Crippen LogP contribution in [0.5, 0.6) is 17.4 Å². The molecule has 1 unspecified atom stereocenters. The molecule has 0 radical (unpaired) electrons. The summed E-state index contributed by atoms with van der Waals surface area (Å²) in [5.74, 6) is 3.07. The van der Waals surface area contributed by atoms with Gasteiger partial charge in [-0.25, -0.2) is 9.98 Å². The molecule has 1 atom stereocenters. The fourth-order valence-corrected chi connectivity index (χ4v) is 3.62. The summed E-state index contributed by atoms with van der Waals surface area (Å²) in [5, 5.41) is 6.91. The molecule has 1 saturated heterocycles. The number of aromatic nitrogens is 1. The van der Waals surface area contributed by atoms with Crippen LogP contribution in [-0.4, -0.2) is 62.8 Å². The number of rotatable bonds is 9. The largest absolute Gasteiger partial charge is 0.497 e. The van der Waals surface area contributed by atoms with Gasteiger partial charge in [0.05, 0.1) is 27.9 Å². The monoisotopic (exact) mass is 555 g/mol. The number of halogens is 1. The van der Waals surface area contributed by atoms with E-state index in [2.05, 4.69) is 39.6 Å². The molecule has 2 N–H and O–H groups in total. The van der Waals surface area contributed by atoms with E-state index in [9.17, 15) is 0 Å². The van der Waals surface area contributed by atoms with E-state index in [4.69, 9.17) is 19.2 Å². The van der Waals surface area contributed by atoms with E-state index in [1.807, 2.05) is 18.2 Å². The lowest BCUT2D eigenvalue weighted by molar-refractivity contribution is 0.321. The van der Waals surface area contributed by atoms with Gasteiger partial charge in [0, 0.05) is 50.6 Å². The summed E-state index contributed by atoms with van der Waals surface area (Å²) in [5.41, 5.74) is 2.22. The van der Waals surface area contributed by atoms with Crippen molar-refractivity contribution in [3.8, 4) is 17.4 Å². The van der Waals surface area contributed by atoms with Crippen molar-refractivity contribution >= 4 is 29.9 Å². The Hall–Kier alpha value is -2.27. The maximum atomic E-state index is 5.39. The van der Waals surface area contributed by atoms with Gasteiger partial charge in [0.2, 0.25) is 5.88 Å². The maximum Gasteiger partial charge on any atom is 0.212 e. The van der Waals surface area contributed by atoms with Gasteiger partial charge >= 0.3 is 0 Å². The number of nitrogens with zero attached hydrogens (tertiary/aromatic N) is 3. The third kappa shape index (κ3) is 7.70. The van der Waals surface area contributed by atoms with Crippen LogP contribution in [0.25, 0.3) is 0 Å². The smallest absolute Gasteiger partial charge is 0.212 e. The lowest BCUT2D eigenvalue weighted by Gasteiger charge is -2.19. The van der Waals surface area contributed by atoms with Gasteiger partial charge in [0.15, 0.2) is 5.96 Å². The molecule has 2 aromatic rings. The van der Waals surface area contributed by atoms with Crippen molar-refractivity contribution in [2.24, 2.45) is 4.99 Å². The molecule has 1 aliphatic rings. The second-order valence-electron chi connectivity index (χ2n) is 7.49. The third-order valence-electron chi connectivity index (χ3n) is 5.20. The van der Waals surface area contributed by atoms with Crippen LogP contribution >= 0.6 is 24.0 Å². The number of hydrogen-bond acceptors (Lipinski definition) is 6. The molecule has 32 heavy (non-hydrogen) atoms. The molecular formula is C23H34IN5O3. The number of guanidine groups is 1. The Bertz CT molecular complexity index is 841. The molecule has 0 spiro atoms. The number of pyridine rings is 1. The molecular weight excluding hydrogens is 521 g/mol. The Morgan fingerprint density at radius 2 is 1.84 bits per heavy atom. The summed E-state index contributed by atoms with van der Waals surface area (Å²) in [6.07, 6.45) is 2.86. The summed E-state index contributed by atoms with van der Waals surface area (Å²) in [7, 11) is 4.97. The standard InChI is InChI=1S/C23H33N5O3.HI/c1-5-24-23(26-14-17-6-7-22(31-4)25-13-17)27-19-8-9-28(16-19)15-18-10-20(29-2)12-21(11-18)30-3;/h6-7,10-13,19H,5,8-9,14-16H2,1-4H3,(H2,24,26,27);1H. The Balaban J connectivity index is 0.00000363. The summed E-state index contributed by atoms with van der Waals surface area (Å²) in [6.45, 7) is 6.28. The highest BCUT2D eigenvalue weighted by atomic mass is 127. The highest BCUT2D eigenvalue weighted by Crippen LogP contribution is 2.24. The molecule has 1 aromatic heterocycles. The summed E-state index contributed by atoms with van der Waals surface area (Å²) >= 11 is 0. The molecule has 9 heteroatoms. The Kier molecular flexibility index (Phi) is 10.8. The van der Waals surface area contributed by atoms with Gasteiger partial charge in [-0.2, -0.15) is 0 Å². The van der Waals surface area contributed by atoms with Gasteiger partial charge in [-0.15, -0.1) is 24.0 Å². The van der Waals surface area contributed by atoms with E-state index in [1.54, 1.807) is 27.5 Å². The number of hydrogen-bond donors (Lipinski definition) is 2. The van der Waals surface area contributed by atoms with Crippen LogP contribution in [-0.2, 0) is 13.1 Å². The van der Waals surface area contributed by atoms with Crippen LogP contribution in [0.2, 0.25) is 0 Å². The third-order valence-corrected chi connectivity index (χ3v) is 5.20. The maximum absolute atomic E-state index is 5.39. The second kappa shape index (κ2) is 13.3. The predicted molar refractivity (Wildman–Crippen MR) is 137 cm³/mol. The van der Waals surface area contributed by atoms with E-state index in [-0.39, 0.29) is 24.0 Å². The van der Waals surface area contributed by atoms with Crippen molar-refractivity contribution in [1.82, 2.24) is 20.5 Å². The van der Waals surface area contributed by atoms with Crippen LogP contribution in [0.1, 0.15) is 24.5 Å². The van der Waals surface area contributed by atoms with Gasteiger partial charge in [-0.05, 0) is 36.6 Å². The zero-order chi connectivity index (χ0) is 22.1. The lowest BCUT2D eigenvalue weighted by Crippen LogP contribution is -2.44. The zero-order valence-corrected chi connectivity index (χ0v) is 21.6. The minimum absolute atomic E-state index is 0. The highest BCUT2D eigenvalue weighted by Gasteiger charge is 2.23. The first kappa shape index (κ1) is 26.0. The predicted octanol–water partition coefficient (Wildman–Crippen LogP) is 3.06. The quantitative estimate of drug-likeness (QED) is 0.280. The fraction of sp³-hybridized carbons (Fsp3) is 0.478. The number of likely N-dealkylation sites (tertiary alicyclic amines) is 1. The van der Waals surface area contributed by atoms with Crippen molar-refractivity contribution in [1.29, 1.82) is 0 Å². The molecule has 3 rings (SSSR count). The molecule has 0 aliphatic carbocycles. The number of nitrogens with one attached hydrogen (secondary N) is 2. The summed E-state index contributed by atoms with van der Waals surface area (Å²) in [4.78, 5) is 11.4. The van der Waals surface area contributed by atoms with Crippen molar-refractivity contribution in [2.45, 2.75) is 32.5 Å². The Morgan fingerprint density at radius 3 is 2.44 bits per heavy atom. The van der Waals surface area contributed by atoms with Crippen molar-refractivity contribution in [3.63, 3.8) is 0 Å². The Morgan fingerprint density at radius 1 is 1.09 bits per heavy atom. The van der Waals surface area contributed by atoms with E-state index in [0.717, 1.165) is 55.6 Å². The van der Waals surface area contributed by atoms with Crippen LogP contribution in [0.4, 0.5) is 0 Å². The zero-order valence-electron chi connectivity index (χ0n) is 19.3. The van der Waals surface area contributed by atoms with Gasteiger partial charge in [-0.1, -0.05) is 6.07 Å². The SMILES string of the molecule is CCNC(=NCc1ccc(OC)nc1)NC1CCN(Cc2cc(OC)cc(OC)c2)C1.I. The molecule has 2 heterocycles. The molecule has 1 aliphatic heterocycles. The van der Waals surface area contributed by atoms with Crippen LogP contribution in [0.15, 0.2) is 41.5 Å². The summed E-state index contributed by atoms with van der Waals surface area (Å²) in [6, 6.07) is 10.2. The van der Waals surface area contributed by atoms with Crippen LogP contribution in [0, 0.1) is 0 Å². The lowest BCUT2D eigenvalue weighted by atomic mass is 10.2. The van der Waals surface area contributed by atoms with Crippen LogP contribution in [0.3, 0.4) is 0 Å². The number of methoxy groups -OCH3 is 3. The van der Waals surface area contributed by atoms with Gasteiger partial charge < -0.3 is 24.8 Å². The van der Waals surface area contributed by atoms with Crippen molar-refractivity contribution in [3.05, 3.63) is 47.7 Å². The number of ether oxygens (including phenoxy) is 3. The first-order chi connectivity index (χ1) is 15.1. The second-order valence-corrected chi connectivity index (χ2v) is 7.49. The molecule has 176 valence electrons. The average Bonchev–Trinajstić information content (AvgIpc) is 3.24. The normalized spacial score (nSPS) is 16.2. The molecule has 1 fully saturated rings. The van der Waals surface area contributed by atoms with E-state index >= 15 is 0 Å². The molecule has 0 saturated carbocycles. The van der Waals surface area contributed by atoms with E-state index in [0.29, 0.717) is 18.5 Å². The van der Waals surface area contributed by atoms with Crippen LogP contribution < -0.4 is 24.8 Å². The Labute approximate surface area is 207 Å².